The van der Waals surface area contributed by atoms with Crippen molar-refractivity contribution in [3.8, 4) is 5.75 Å². The lowest BCUT2D eigenvalue weighted by Crippen LogP contribution is -2.04. The SMILES string of the molecule is COc1ccc(/C(C)=N/Nc2nc3ccccc3n2C)cc1[N+](=O)[O-]. The molecule has 128 valence electrons. The molecule has 0 saturated carbocycles. The number of hydrazone groups is 1. The third kappa shape index (κ3) is 3.14. The van der Waals surface area contributed by atoms with Gasteiger partial charge >= 0.3 is 5.69 Å². The monoisotopic (exact) mass is 339 g/mol. The lowest BCUT2D eigenvalue weighted by molar-refractivity contribution is -0.385. The molecule has 0 fully saturated rings. The van der Waals surface area contributed by atoms with Gasteiger partial charge in [-0.05, 0) is 31.2 Å². The summed E-state index contributed by atoms with van der Waals surface area (Å²) < 4.78 is 6.90. The number of para-hydroxylation sites is 2. The summed E-state index contributed by atoms with van der Waals surface area (Å²) in [5, 5.41) is 15.4. The Morgan fingerprint density at radius 1 is 1.32 bits per heavy atom. The minimum Gasteiger partial charge on any atom is -0.490 e. The first kappa shape index (κ1) is 16.4. The zero-order valence-corrected chi connectivity index (χ0v) is 14.1. The van der Waals surface area contributed by atoms with Crippen molar-refractivity contribution in [2.24, 2.45) is 12.1 Å². The fraction of sp³-hybridized carbons (Fsp3) is 0.176. The molecule has 1 aromatic heterocycles. The van der Waals surface area contributed by atoms with Gasteiger partial charge in [-0.3, -0.25) is 10.1 Å². The number of nitrogens with zero attached hydrogens (tertiary/aromatic N) is 4. The highest BCUT2D eigenvalue weighted by Crippen LogP contribution is 2.27. The first-order valence-electron chi connectivity index (χ1n) is 7.56. The van der Waals surface area contributed by atoms with Crippen LogP contribution >= 0.6 is 0 Å². The Bertz CT molecular complexity index is 978. The van der Waals surface area contributed by atoms with Crippen LogP contribution in [0.4, 0.5) is 11.6 Å². The summed E-state index contributed by atoms with van der Waals surface area (Å²) in [6, 6.07) is 12.5. The maximum atomic E-state index is 11.1. The highest BCUT2D eigenvalue weighted by molar-refractivity contribution is 5.99. The molecule has 1 N–H and O–H groups in total. The molecule has 0 atom stereocenters. The molecule has 0 spiro atoms. The van der Waals surface area contributed by atoms with Crippen molar-refractivity contribution in [2.75, 3.05) is 12.5 Å². The van der Waals surface area contributed by atoms with E-state index in [0.29, 0.717) is 17.2 Å². The molecule has 0 bridgehead atoms. The van der Waals surface area contributed by atoms with E-state index in [-0.39, 0.29) is 11.4 Å². The van der Waals surface area contributed by atoms with Gasteiger partial charge in [-0.2, -0.15) is 5.10 Å². The van der Waals surface area contributed by atoms with E-state index >= 15 is 0 Å². The average Bonchev–Trinajstić information content (AvgIpc) is 2.95. The molecule has 8 heteroatoms. The third-order valence-electron chi connectivity index (χ3n) is 3.90. The van der Waals surface area contributed by atoms with Crippen molar-refractivity contribution in [1.29, 1.82) is 0 Å². The molecule has 2 aromatic carbocycles. The molecule has 0 aliphatic rings. The van der Waals surface area contributed by atoms with Gasteiger partial charge in [0, 0.05) is 18.7 Å². The summed E-state index contributed by atoms with van der Waals surface area (Å²) in [4.78, 5) is 15.1. The van der Waals surface area contributed by atoms with E-state index in [0.717, 1.165) is 11.0 Å². The Labute approximate surface area is 143 Å². The molecule has 3 rings (SSSR count). The second-order valence-corrected chi connectivity index (χ2v) is 5.44. The van der Waals surface area contributed by atoms with Crippen LogP contribution in [0.5, 0.6) is 5.75 Å². The number of nitro groups is 1. The number of nitrogens with one attached hydrogen (secondary N) is 1. The molecule has 0 aliphatic heterocycles. The quantitative estimate of drug-likeness (QED) is 0.437. The molecular formula is C17H17N5O3. The van der Waals surface area contributed by atoms with Gasteiger partial charge in [0.15, 0.2) is 5.75 Å². The highest BCUT2D eigenvalue weighted by atomic mass is 16.6. The number of aryl methyl sites for hydroxylation is 1. The molecule has 0 amide bonds. The van der Waals surface area contributed by atoms with Crippen LogP contribution in [0.25, 0.3) is 11.0 Å². The lowest BCUT2D eigenvalue weighted by Gasteiger charge is -2.06. The van der Waals surface area contributed by atoms with Crippen molar-refractivity contribution in [3.63, 3.8) is 0 Å². The van der Waals surface area contributed by atoms with Crippen molar-refractivity contribution in [3.05, 3.63) is 58.1 Å². The molecule has 0 radical (unpaired) electrons. The van der Waals surface area contributed by atoms with E-state index in [1.165, 1.54) is 13.2 Å². The van der Waals surface area contributed by atoms with E-state index in [2.05, 4.69) is 15.5 Å². The van der Waals surface area contributed by atoms with Crippen LogP contribution in [0.3, 0.4) is 0 Å². The Hall–Kier alpha value is -3.42. The van der Waals surface area contributed by atoms with Crippen LogP contribution in [0, 0.1) is 10.1 Å². The number of anilines is 1. The van der Waals surface area contributed by atoms with Crippen LogP contribution in [-0.4, -0.2) is 27.3 Å². The normalized spacial score (nSPS) is 11.6. The summed E-state index contributed by atoms with van der Waals surface area (Å²) >= 11 is 0. The van der Waals surface area contributed by atoms with Crippen molar-refractivity contribution in [2.45, 2.75) is 6.92 Å². The summed E-state index contributed by atoms with van der Waals surface area (Å²) in [5.41, 5.74) is 5.88. The molecule has 25 heavy (non-hydrogen) atoms. The minimum atomic E-state index is -0.478. The number of aromatic nitrogens is 2. The second kappa shape index (κ2) is 6.60. The number of hydrogen-bond donors (Lipinski definition) is 1. The number of rotatable bonds is 5. The summed E-state index contributed by atoms with van der Waals surface area (Å²) in [5.74, 6) is 0.799. The molecule has 0 unspecified atom stereocenters. The zero-order chi connectivity index (χ0) is 18.0. The maximum Gasteiger partial charge on any atom is 0.311 e. The summed E-state index contributed by atoms with van der Waals surface area (Å²) in [7, 11) is 3.29. The Morgan fingerprint density at radius 2 is 2.08 bits per heavy atom. The van der Waals surface area contributed by atoms with Gasteiger partial charge in [-0.1, -0.05) is 12.1 Å². The van der Waals surface area contributed by atoms with Gasteiger partial charge in [0.05, 0.1) is 28.8 Å². The van der Waals surface area contributed by atoms with Crippen LogP contribution in [0.2, 0.25) is 0 Å². The van der Waals surface area contributed by atoms with Crippen LogP contribution in [-0.2, 0) is 7.05 Å². The standard InChI is InChI=1S/C17H17N5O3/c1-11(12-8-9-16(25-3)15(10-12)22(23)24)19-20-17-18-13-6-4-5-7-14(13)21(17)2/h4-10H,1-3H3,(H,18,20)/b19-11+. The van der Waals surface area contributed by atoms with Crippen LogP contribution < -0.4 is 10.2 Å². The predicted molar refractivity (Wildman–Crippen MR) is 96.2 cm³/mol. The molecular weight excluding hydrogens is 322 g/mol. The van der Waals surface area contributed by atoms with Crippen molar-refractivity contribution >= 4 is 28.4 Å². The predicted octanol–water partition coefficient (Wildman–Crippen LogP) is 3.33. The molecule has 3 aromatic rings. The molecule has 1 heterocycles. The molecule has 8 nitrogen and oxygen atoms in total. The number of benzene rings is 2. The van der Waals surface area contributed by atoms with Crippen molar-refractivity contribution < 1.29 is 9.66 Å². The van der Waals surface area contributed by atoms with E-state index in [9.17, 15) is 10.1 Å². The summed E-state index contributed by atoms with van der Waals surface area (Å²) in [6.45, 7) is 1.77. The lowest BCUT2D eigenvalue weighted by atomic mass is 10.1. The van der Waals surface area contributed by atoms with E-state index in [4.69, 9.17) is 4.74 Å². The Kier molecular flexibility index (Phi) is 4.34. The number of ether oxygens (including phenoxy) is 1. The number of nitro benzene ring substituents is 1. The van der Waals surface area contributed by atoms with Gasteiger partial charge in [-0.25, -0.2) is 10.4 Å². The fourth-order valence-electron chi connectivity index (χ4n) is 2.50. The first-order chi connectivity index (χ1) is 12.0. The van der Waals surface area contributed by atoms with Gasteiger partial charge in [0.2, 0.25) is 5.95 Å². The fourth-order valence-corrected chi connectivity index (χ4v) is 2.50. The van der Waals surface area contributed by atoms with Gasteiger partial charge < -0.3 is 9.30 Å². The topological polar surface area (TPSA) is 94.6 Å². The first-order valence-corrected chi connectivity index (χ1v) is 7.56. The van der Waals surface area contributed by atoms with E-state index in [1.807, 2.05) is 35.9 Å². The molecule has 0 aliphatic carbocycles. The van der Waals surface area contributed by atoms with Gasteiger partial charge in [0.25, 0.3) is 0 Å². The van der Waals surface area contributed by atoms with E-state index < -0.39 is 4.92 Å². The van der Waals surface area contributed by atoms with Crippen LogP contribution in [0.1, 0.15) is 12.5 Å². The van der Waals surface area contributed by atoms with Crippen LogP contribution in [0.15, 0.2) is 47.6 Å². The number of hydrogen-bond acceptors (Lipinski definition) is 6. The van der Waals surface area contributed by atoms with Crippen molar-refractivity contribution in [1.82, 2.24) is 9.55 Å². The zero-order valence-electron chi connectivity index (χ0n) is 14.1. The highest BCUT2D eigenvalue weighted by Gasteiger charge is 2.16. The van der Waals surface area contributed by atoms with E-state index in [1.54, 1.807) is 19.1 Å². The second-order valence-electron chi connectivity index (χ2n) is 5.44. The van der Waals surface area contributed by atoms with Gasteiger partial charge in [0.1, 0.15) is 0 Å². The van der Waals surface area contributed by atoms with Gasteiger partial charge in [-0.15, -0.1) is 0 Å². The number of methoxy groups -OCH3 is 1. The number of fused-ring (bicyclic) bond motifs is 1. The summed E-state index contributed by atoms with van der Waals surface area (Å²) in [6.07, 6.45) is 0. The maximum absolute atomic E-state index is 11.1. The largest absolute Gasteiger partial charge is 0.490 e. The number of imidazole rings is 1. The average molecular weight is 339 g/mol. The Morgan fingerprint density at radius 3 is 2.76 bits per heavy atom. The minimum absolute atomic E-state index is 0.0997. The smallest absolute Gasteiger partial charge is 0.311 e. The third-order valence-corrected chi connectivity index (χ3v) is 3.90. The molecule has 0 saturated heterocycles. The Balaban J connectivity index is 1.89.